The third kappa shape index (κ3) is 3.24. The molecule has 104 valence electrons. The van der Waals surface area contributed by atoms with Crippen LogP contribution in [0.1, 0.15) is 33.2 Å². The van der Waals surface area contributed by atoms with E-state index in [0.717, 1.165) is 5.56 Å². The summed E-state index contributed by atoms with van der Waals surface area (Å²) >= 11 is 1.47. The van der Waals surface area contributed by atoms with Crippen molar-refractivity contribution < 1.29 is 9.59 Å². The van der Waals surface area contributed by atoms with Gasteiger partial charge in [0.2, 0.25) is 0 Å². The van der Waals surface area contributed by atoms with Gasteiger partial charge in [-0.25, -0.2) is 0 Å². The summed E-state index contributed by atoms with van der Waals surface area (Å²) in [5, 5.41) is 9.22. The van der Waals surface area contributed by atoms with Crippen LogP contribution in [0.5, 0.6) is 0 Å². The first-order chi connectivity index (χ1) is 9.61. The Hall–Kier alpha value is -2.14. The summed E-state index contributed by atoms with van der Waals surface area (Å²) < 4.78 is 0. The highest BCUT2D eigenvalue weighted by molar-refractivity contribution is 7.08. The van der Waals surface area contributed by atoms with E-state index in [2.05, 4.69) is 10.6 Å². The van der Waals surface area contributed by atoms with E-state index >= 15 is 0 Å². The molecular formula is C15H16N2O2S. The predicted octanol–water partition coefficient (Wildman–Crippen LogP) is 3.06. The number of aryl methyl sites for hydroxylation is 1. The highest BCUT2D eigenvalue weighted by Gasteiger charge is 2.11. The number of thiophene rings is 1. The van der Waals surface area contributed by atoms with Gasteiger partial charge in [0.15, 0.2) is 0 Å². The molecule has 2 amide bonds. The summed E-state index contributed by atoms with van der Waals surface area (Å²) in [7, 11) is 0. The van der Waals surface area contributed by atoms with Crippen LogP contribution in [0.2, 0.25) is 0 Å². The highest BCUT2D eigenvalue weighted by atomic mass is 32.1. The lowest BCUT2D eigenvalue weighted by Crippen LogP contribution is -2.23. The lowest BCUT2D eigenvalue weighted by atomic mass is 10.1. The Morgan fingerprint density at radius 2 is 1.95 bits per heavy atom. The molecule has 0 saturated heterocycles. The molecule has 1 aromatic heterocycles. The topological polar surface area (TPSA) is 58.2 Å². The Kier molecular flexibility index (Phi) is 4.53. The molecule has 5 heteroatoms. The van der Waals surface area contributed by atoms with Crippen LogP contribution in [0, 0.1) is 6.92 Å². The highest BCUT2D eigenvalue weighted by Crippen LogP contribution is 2.18. The molecule has 2 aromatic rings. The first kappa shape index (κ1) is 14.3. The van der Waals surface area contributed by atoms with Gasteiger partial charge in [0.1, 0.15) is 0 Å². The summed E-state index contributed by atoms with van der Waals surface area (Å²) in [5.41, 5.74) is 2.74. The summed E-state index contributed by atoms with van der Waals surface area (Å²) in [6.07, 6.45) is 0. The van der Waals surface area contributed by atoms with E-state index in [1.807, 2.05) is 25.3 Å². The van der Waals surface area contributed by atoms with E-state index in [4.69, 9.17) is 0 Å². The second-order valence-corrected chi connectivity index (χ2v) is 5.14. The first-order valence-corrected chi connectivity index (χ1v) is 7.28. The maximum atomic E-state index is 12.0. The second-order valence-electron chi connectivity index (χ2n) is 4.36. The smallest absolute Gasteiger partial charge is 0.256 e. The van der Waals surface area contributed by atoms with E-state index in [1.165, 1.54) is 11.3 Å². The van der Waals surface area contributed by atoms with E-state index in [-0.39, 0.29) is 11.8 Å². The maximum absolute atomic E-state index is 12.0. The SMILES string of the molecule is CCNC(=O)c1ccc(C)c(NC(=O)c2ccsc2)c1. The van der Waals surface area contributed by atoms with Crippen molar-refractivity contribution in [2.75, 3.05) is 11.9 Å². The van der Waals surface area contributed by atoms with Crippen molar-refractivity contribution in [1.29, 1.82) is 0 Å². The maximum Gasteiger partial charge on any atom is 0.256 e. The van der Waals surface area contributed by atoms with Crippen molar-refractivity contribution in [3.63, 3.8) is 0 Å². The number of amides is 2. The Labute approximate surface area is 121 Å². The van der Waals surface area contributed by atoms with Gasteiger partial charge in [-0.3, -0.25) is 9.59 Å². The van der Waals surface area contributed by atoms with Gasteiger partial charge in [-0.2, -0.15) is 11.3 Å². The average molecular weight is 288 g/mol. The summed E-state index contributed by atoms with van der Waals surface area (Å²) in [4.78, 5) is 23.8. The van der Waals surface area contributed by atoms with Crippen molar-refractivity contribution in [3.05, 3.63) is 51.7 Å². The molecular weight excluding hydrogens is 272 g/mol. The Morgan fingerprint density at radius 1 is 1.15 bits per heavy atom. The van der Waals surface area contributed by atoms with Crippen LogP contribution in [0.15, 0.2) is 35.0 Å². The van der Waals surface area contributed by atoms with Gasteiger partial charge in [0, 0.05) is 23.2 Å². The number of anilines is 1. The Bertz CT molecular complexity index is 621. The molecule has 0 radical (unpaired) electrons. The van der Waals surface area contributed by atoms with Crippen LogP contribution in [0.3, 0.4) is 0 Å². The van der Waals surface area contributed by atoms with E-state index in [0.29, 0.717) is 23.4 Å². The molecule has 0 saturated carbocycles. The van der Waals surface area contributed by atoms with E-state index in [1.54, 1.807) is 23.6 Å². The molecule has 2 N–H and O–H groups in total. The average Bonchev–Trinajstić information content (AvgIpc) is 2.95. The molecule has 4 nitrogen and oxygen atoms in total. The standard InChI is InChI=1S/C15H16N2O2S/c1-3-16-14(18)11-5-4-10(2)13(8-11)17-15(19)12-6-7-20-9-12/h4-9H,3H2,1-2H3,(H,16,18)(H,17,19). The summed E-state index contributed by atoms with van der Waals surface area (Å²) in [6.45, 7) is 4.33. The zero-order valence-corrected chi connectivity index (χ0v) is 12.2. The molecule has 0 unspecified atom stereocenters. The molecule has 0 fully saturated rings. The predicted molar refractivity (Wildman–Crippen MR) is 81.5 cm³/mol. The van der Waals surface area contributed by atoms with Gasteiger partial charge in [-0.1, -0.05) is 6.07 Å². The van der Waals surface area contributed by atoms with E-state index in [9.17, 15) is 9.59 Å². The fourth-order valence-corrected chi connectivity index (χ4v) is 2.38. The summed E-state index contributed by atoms with van der Waals surface area (Å²) in [6, 6.07) is 7.04. The van der Waals surface area contributed by atoms with Gasteiger partial charge in [-0.05, 0) is 43.0 Å². The monoisotopic (exact) mass is 288 g/mol. The molecule has 0 atom stereocenters. The van der Waals surface area contributed by atoms with Gasteiger partial charge in [0.25, 0.3) is 11.8 Å². The third-order valence-electron chi connectivity index (χ3n) is 2.87. The molecule has 0 spiro atoms. The molecule has 0 aliphatic carbocycles. The first-order valence-electron chi connectivity index (χ1n) is 6.34. The molecule has 20 heavy (non-hydrogen) atoms. The van der Waals surface area contributed by atoms with Gasteiger partial charge >= 0.3 is 0 Å². The van der Waals surface area contributed by atoms with Crippen molar-refractivity contribution in [1.82, 2.24) is 5.32 Å². The molecule has 2 rings (SSSR count). The number of nitrogens with one attached hydrogen (secondary N) is 2. The number of hydrogen-bond acceptors (Lipinski definition) is 3. The minimum Gasteiger partial charge on any atom is -0.352 e. The van der Waals surface area contributed by atoms with Gasteiger partial charge in [-0.15, -0.1) is 0 Å². The van der Waals surface area contributed by atoms with Crippen LogP contribution in [0.4, 0.5) is 5.69 Å². The number of carbonyl (C=O) groups is 2. The van der Waals surface area contributed by atoms with Crippen molar-refractivity contribution in [2.45, 2.75) is 13.8 Å². The minimum atomic E-state index is -0.164. The zero-order chi connectivity index (χ0) is 14.5. The second kappa shape index (κ2) is 6.34. The van der Waals surface area contributed by atoms with E-state index < -0.39 is 0 Å². The van der Waals surface area contributed by atoms with Gasteiger partial charge in [0.05, 0.1) is 5.56 Å². The fourth-order valence-electron chi connectivity index (χ4n) is 1.75. The lowest BCUT2D eigenvalue weighted by molar-refractivity contribution is 0.0954. The van der Waals surface area contributed by atoms with Crippen molar-refractivity contribution >= 4 is 28.8 Å². The quantitative estimate of drug-likeness (QED) is 0.908. The third-order valence-corrected chi connectivity index (χ3v) is 3.55. The number of benzene rings is 1. The van der Waals surface area contributed by atoms with Crippen molar-refractivity contribution in [3.8, 4) is 0 Å². The molecule has 0 bridgehead atoms. The molecule has 0 aliphatic heterocycles. The van der Waals surface area contributed by atoms with Crippen LogP contribution < -0.4 is 10.6 Å². The molecule has 0 aliphatic rings. The number of hydrogen-bond donors (Lipinski definition) is 2. The van der Waals surface area contributed by atoms with Crippen LogP contribution in [-0.4, -0.2) is 18.4 Å². The molecule has 1 heterocycles. The normalized spacial score (nSPS) is 10.1. The minimum absolute atomic E-state index is 0.140. The summed E-state index contributed by atoms with van der Waals surface area (Å²) in [5.74, 6) is -0.305. The van der Waals surface area contributed by atoms with Crippen LogP contribution in [0.25, 0.3) is 0 Å². The largest absolute Gasteiger partial charge is 0.352 e. The number of carbonyl (C=O) groups excluding carboxylic acids is 2. The molecule has 1 aromatic carbocycles. The van der Waals surface area contributed by atoms with Gasteiger partial charge < -0.3 is 10.6 Å². The number of rotatable bonds is 4. The van der Waals surface area contributed by atoms with Crippen molar-refractivity contribution in [2.24, 2.45) is 0 Å². The van der Waals surface area contributed by atoms with Crippen LogP contribution >= 0.6 is 11.3 Å². The Morgan fingerprint density at radius 3 is 2.60 bits per heavy atom. The van der Waals surface area contributed by atoms with Crippen LogP contribution in [-0.2, 0) is 0 Å². The lowest BCUT2D eigenvalue weighted by Gasteiger charge is -2.10. The Balaban J connectivity index is 2.21. The zero-order valence-electron chi connectivity index (χ0n) is 11.4. The fraction of sp³-hybridized carbons (Fsp3) is 0.200.